The van der Waals surface area contributed by atoms with Gasteiger partial charge in [0.15, 0.2) is 5.78 Å². The van der Waals surface area contributed by atoms with Crippen molar-refractivity contribution in [1.29, 1.82) is 0 Å². The van der Waals surface area contributed by atoms with E-state index in [0.717, 1.165) is 17.0 Å². The molecular weight excluding hydrogens is 352 g/mol. The molecule has 6 heteroatoms. The van der Waals surface area contributed by atoms with Crippen LogP contribution in [0, 0.1) is 0 Å². The number of benzene rings is 2. The molecule has 0 unspecified atom stereocenters. The Kier molecular flexibility index (Phi) is 5.28. The number of hydrogen-bond donors (Lipinski definition) is 2. The second kappa shape index (κ2) is 7.62. The van der Waals surface area contributed by atoms with Crippen LogP contribution >= 0.6 is 11.6 Å². The van der Waals surface area contributed by atoms with Crippen molar-refractivity contribution < 1.29 is 14.3 Å². The zero-order valence-electron chi connectivity index (χ0n) is 14.6. The summed E-state index contributed by atoms with van der Waals surface area (Å²) in [6, 6.07) is 12.1. The van der Waals surface area contributed by atoms with Crippen LogP contribution in [0.4, 0.5) is 11.4 Å². The monoisotopic (exact) mass is 370 g/mol. The Bertz CT molecular complexity index is 888. The van der Waals surface area contributed by atoms with E-state index in [1.54, 1.807) is 42.5 Å². The molecule has 26 heavy (non-hydrogen) atoms. The zero-order valence-corrected chi connectivity index (χ0v) is 15.3. The van der Waals surface area contributed by atoms with Crippen molar-refractivity contribution in [2.75, 3.05) is 17.7 Å². The quantitative estimate of drug-likeness (QED) is 0.803. The summed E-state index contributed by atoms with van der Waals surface area (Å²) in [6.07, 6.45) is 1.23. The minimum Gasteiger partial charge on any atom is -0.496 e. The first-order chi connectivity index (χ1) is 12.5. The summed E-state index contributed by atoms with van der Waals surface area (Å²) >= 11 is 5.85. The third-order valence-corrected chi connectivity index (χ3v) is 4.57. The molecule has 2 N–H and O–H groups in total. The Balaban J connectivity index is 1.79. The van der Waals surface area contributed by atoms with E-state index in [-0.39, 0.29) is 11.7 Å². The lowest BCUT2D eigenvalue weighted by Crippen LogP contribution is -2.13. The molecule has 0 spiro atoms. The lowest BCUT2D eigenvalue weighted by molar-refractivity contribution is -0.114. The Labute approximate surface area is 157 Å². The minimum absolute atomic E-state index is 0.165. The summed E-state index contributed by atoms with van der Waals surface area (Å²) < 4.78 is 5.37. The first kappa shape index (κ1) is 18.0. The molecule has 1 amide bonds. The molecule has 0 saturated carbocycles. The average molecular weight is 371 g/mol. The fraction of sp³-hybridized carbons (Fsp3) is 0.200. The van der Waals surface area contributed by atoms with Crippen molar-refractivity contribution in [3.05, 3.63) is 64.3 Å². The molecule has 134 valence electrons. The van der Waals surface area contributed by atoms with Crippen LogP contribution in [0.25, 0.3) is 0 Å². The van der Waals surface area contributed by atoms with E-state index in [9.17, 15) is 9.59 Å². The number of allylic oxidation sites excluding steroid dienone is 2. The number of halogens is 1. The summed E-state index contributed by atoms with van der Waals surface area (Å²) in [5.41, 5.74) is 3.51. The maximum absolute atomic E-state index is 12.5. The van der Waals surface area contributed by atoms with Crippen LogP contribution in [-0.4, -0.2) is 18.8 Å². The molecule has 2 aromatic rings. The van der Waals surface area contributed by atoms with Gasteiger partial charge in [-0.05, 0) is 49.7 Å². The van der Waals surface area contributed by atoms with E-state index >= 15 is 0 Å². The van der Waals surface area contributed by atoms with Crippen LogP contribution in [0.15, 0.2) is 53.7 Å². The third kappa shape index (κ3) is 3.89. The average Bonchev–Trinajstić information content (AvgIpc) is 2.95. The first-order valence-electron chi connectivity index (χ1n) is 8.23. The lowest BCUT2D eigenvalue weighted by Gasteiger charge is -2.13. The van der Waals surface area contributed by atoms with E-state index < -0.39 is 0 Å². The van der Waals surface area contributed by atoms with Crippen LogP contribution in [0.2, 0.25) is 5.02 Å². The minimum atomic E-state index is -0.276. The van der Waals surface area contributed by atoms with E-state index in [2.05, 4.69) is 10.6 Å². The summed E-state index contributed by atoms with van der Waals surface area (Å²) in [5, 5.41) is 6.67. The van der Waals surface area contributed by atoms with Gasteiger partial charge in [-0.2, -0.15) is 0 Å². The predicted molar refractivity (Wildman–Crippen MR) is 103 cm³/mol. The Morgan fingerprint density at radius 1 is 1.08 bits per heavy atom. The largest absolute Gasteiger partial charge is 0.496 e. The number of carbonyl (C=O) groups excluding carboxylic acids is 2. The van der Waals surface area contributed by atoms with Gasteiger partial charge in [0, 0.05) is 40.2 Å². The summed E-state index contributed by atoms with van der Waals surface area (Å²) in [5.74, 6) is 0.338. The maximum Gasteiger partial charge on any atom is 0.259 e. The van der Waals surface area contributed by atoms with Crippen molar-refractivity contribution >= 4 is 34.7 Å². The Morgan fingerprint density at radius 3 is 2.38 bits per heavy atom. The second-order valence-electron chi connectivity index (χ2n) is 6.03. The number of Topliss-reactive ketones (excluding diaryl/α,β-unsaturated/α-hetero) is 1. The molecule has 0 radical (unpaired) electrons. The van der Waals surface area contributed by atoms with Gasteiger partial charge in [-0.1, -0.05) is 11.6 Å². The highest BCUT2D eigenvalue weighted by Gasteiger charge is 2.20. The topological polar surface area (TPSA) is 67.4 Å². The first-order valence-corrected chi connectivity index (χ1v) is 8.60. The molecule has 5 nitrogen and oxygen atoms in total. The number of carbonyl (C=O) groups is 2. The molecule has 0 heterocycles. The van der Waals surface area contributed by atoms with Crippen molar-refractivity contribution in [1.82, 2.24) is 0 Å². The standard InChI is InChI=1S/C20H19ClN2O3/c1-12-17(9-10-18(12)24)22-15-7-8-16(19(11-15)26-2)20(25)23-14-5-3-13(21)4-6-14/h3-8,11,22H,9-10H2,1-2H3,(H,23,25). The molecule has 1 aliphatic rings. The molecule has 0 saturated heterocycles. The van der Waals surface area contributed by atoms with Crippen LogP contribution in [0.5, 0.6) is 5.75 Å². The van der Waals surface area contributed by atoms with Gasteiger partial charge < -0.3 is 15.4 Å². The van der Waals surface area contributed by atoms with Crippen LogP contribution < -0.4 is 15.4 Å². The van der Waals surface area contributed by atoms with E-state index in [0.29, 0.717) is 34.9 Å². The SMILES string of the molecule is COc1cc(NC2=C(C)C(=O)CC2)ccc1C(=O)Nc1ccc(Cl)cc1. The number of amides is 1. The normalized spacial score (nSPS) is 13.7. The number of rotatable bonds is 5. The van der Waals surface area contributed by atoms with Gasteiger partial charge in [0.05, 0.1) is 12.7 Å². The van der Waals surface area contributed by atoms with Gasteiger partial charge >= 0.3 is 0 Å². The second-order valence-corrected chi connectivity index (χ2v) is 6.46. The molecule has 0 atom stereocenters. The van der Waals surface area contributed by atoms with Crippen molar-refractivity contribution in [3.63, 3.8) is 0 Å². The fourth-order valence-electron chi connectivity index (χ4n) is 2.80. The van der Waals surface area contributed by atoms with Crippen molar-refractivity contribution in [2.45, 2.75) is 19.8 Å². The number of ketones is 1. The molecular formula is C20H19ClN2O3. The summed E-state index contributed by atoms with van der Waals surface area (Å²) in [4.78, 5) is 24.2. The number of ether oxygens (including phenoxy) is 1. The number of methoxy groups -OCH3 is 1. The molecule has 0 bridgehead atoms. The summed E-state index contributed by atoms with van der Waals surface area (Å²) in [6.45, 7) is 1.82. The van der Waals surface area contributed by atoms with Gasteiger partial charge in [-0.15, -0.1) is 0 Å². The Morgan fingerprint density at radius 2 is 1.77 bits per heavy atom. The number of nitrogens with one attached hydrogen (secondary N) is 2. The Hall–Kier alpha value is -2.79. The lowest BCUT2D eigenvalue weighted by atomic mass is 10.1. The molecule has 1 aliphatic carbocycles. The highest BCUT2D eigenvalue weighted by molar-refractivity contribution is 6.30. The van der Waals surface area contributed by atoms with Gasteiger partial charge in [0.2, 0.25) is 0 Å². The third-order valence-electron chi connectivity index (χ3n) is 4.32. The van der Waals surface area contributed by atoms with E-state index in [1.807, 2.05) is 6.92 Å². The van der Waals surface area contributed by atoms with Crippen molar-refractivity contribution in [2.24, 2.45) is 0 Å². The number of anilines is 2. The summed E-state index contributed by atoms with van der Waals surface area (Å²) in [7, 11) is 1.52. The number of hydrogen-bond acceptors (Lipinski definition) is 4. The van der Waals surface area contributed by atoms with Crippen molar-refractivity contribution in [3.8, 4) is 5.75 Å². The zero-order chi connectivity index (χ0) is 18.7. The van der Waals surface area contributed by atoms with Gasteiger partial charge in [0.25, 0.3) is 5.91 Å². The highest BCUT2D eigenvalue weighted by Crippen LogP contribution is 2.29. The van der Waals surface area contributed by atoms with Gasteiger partial charge in [-0.3, -0.25) is 9.59 Å². The molecule has 2 aromatic carbocycles. The maximum atomic E-state index is 12.5. The molecule has 3 rings (SSSR count). The van der Waals surface area contributed by atoms with Crippen LogP contribution in [0.1, 0.15) is 30.1 Å². The highest BCUT2D eigenvalue weighted by atomic mass is 35.5. The smallest absolute Gasteiger partial charge is 0.259 e. The van der Waals surface area contributed by atoms with Crippen LogP contribution in [-0.2, 0) is 4.79 Å². The van der Waals surface area contributed by atoms with E-state index in [1.165, 1.54) is 7.11 Å². The van der Waals surface area contributed by atoms with Crippen LogP contribution in [0.3, 0.4) is 0 Å². The molecule has 0 aliphatic heterocycles. The van der Waals surface area contributed by atoms with Gasteiger partial charge in [0.1, 0.15) is 5.75 Å². The molecule has 0 aromatic heterocycles. The predicted octanol–water partition coefficient (Wildman–Crippen LogP) is 4.65. The van der Waals surface area contributed by atoms with Gasteiger partial charge in [-0.25, -0.2) is 0 Å². The van der Waals surface area contributed by atoms with E-state index in [4.69, 9.17) is 16.3 Å². The molecule has 0 fully saturated rings. The fourth-order valence-corrected chi connectivity index (χ4v) is 2.93.